The number of aliphatic hydroxyl groups is 1. The number of carbonyl (C=O) groups is 1. The van der Waals surface area contributed by atoms with Gasteiger partial charge in [-0.2, -0.15) is 0 Å². The number of hydrogen-bond donors (Lipinski definition) is 2. The lowest BCUT2D eigenvalue weighted by Gasteiger charge is -2.25. The number of rotatable bonds is 1. The summed E-state index contributed by atoms with van der Waals surface area (Å²) >= 11 is 0. The van der Waals surface area contributed by atoms with E-state index in [1.807, 2.05) is 0 Å². The van der Waals surface area contributed by atoms with Crippen molar-refractivity contribution in [3.63, 3.8) is 0 Å². The Morgan fingerprint density at radius 1 is 1.55 bits per heavy atom. The molecule has 64 valence electrons. The third-order valence-corrected chi connectivity index (χ3v) is 2.05. The summed E-state index contributed by atoms with van der Waals surface area (Å²) in [5.74, 6) is 0.00380. The first kappa shape index (κ1) is 8.53. The van der Waals surface area contributed by atoms with Crippen LogP contribution in [0.25, 0.3) is 0 Å². The molecule has 0 aliphatic heterocycles. The predicted octanol–water partition coefficient (Wildman–Crippen LogP) is 0.426. The van der Waals surface area contributed by atoms with Crippen LogP contribution in [0.2, 0.25) is 0 Å². The van der Waals surface area contributed by atoms with Gasteiger partial charge in [0.2, 0.25) is 5.91 Å². The van der Waals surface area contributed by atoms with Gasteiger partial charge in [0, 0.05) is 13.0 Å². The van der Waals surface area contributed by atoms with E-state index in [1.165, 1.54) is 6.92 Å². The minimum Gasteiger partial charge on any atom is -0.393 e. The number of nitrogens with one attached hydrogen (secondary N) is 1. The molecule has 1 saturated carbocycles. The molecule has 3 nitrogen and oxygen atoms in total. The molecule has 0 aromatic heterocycles. The van der Waals surface area contributed by atoms with E-state index in [-0.39, 0.29) is 18.1 Å². The highest BCUT2D eigenvalue weighted by Gasteiger charge is 2.19. The van der Waals surface area contributed by atoms with Crippen LogP contribution in [0.3, 0.4) is 0 Å². The molecule has 0 saturated heterocycles. The molecule has 1 amide bonds. The fraction of sp³-hybridized carbons (Fsp3) is 0.875. The lowest BCUT2D eigenvalue weighted by molar-refractivity contribution is -0.120. The SMILES string of the molecule is CC(=O)NC1CCCC(O)C1. The number of carbonyl (C=O) groups excluding carboxylic acids is 1. The van der Waals surface area contributed by atoms with E-state index >= 15 is 0 Å². The summed E-state index contributed by atoms with van der Waals surface area (Å²) in [6.07, 6.45) is 3.43. The van der Waals surface area contributed by atoms with Crippen molar-refractivity contribution in [3.8, 4) is 0 Å². The number of hydrogen-bond acceptors (Lipinski definition) is 2. The van der Waals surface area contributed by atoms with Gasteiger partial charge in [-0.25, -0.2) is 0 Å². The number of amides is 1. The third-order valence-electron chi connectivity index (χ3n) is 2.05. The Balaban J connectivity index is 2.28. The molecule has 0 aromatic rings. The van der Waals surface area contributed by atoms with Gasteiger partial charge in [0.25, 0.3) is 0 Å². The predicted molar refractivity (Wildman–Crippen MR) is 42.1 cm³/mol. The fourth-order valence-corrected chi connectivity index (χ4v) is 1.58. The lowest BCUT2D eigenvalue weighted by atomic mass is 9.93. The molecule has 0 spiro atoms. The Hall–Kier alpha value is -0.570. The van der Waals surface area contributed by atoms with Crippen molar-refractivity contribution in [1.29, 1.82) is 0 Å². The lowest BCUT2D eigenvalue weighted by Crippen LogP contribution is -2.38. The first-order chi connectivity index (χ1) is 5.18. The molecule has 2 atom stereocenters. The molecule has 1 aliphatic rings. The normalized spacial score (nSPS) is 31.5. The Morgan fingerprint density at radius 3 is 2.82 bits per heavy atom. The maximum Gasteiger partial charge on any atom is 0.217 e. The van der Waals surface area contributed by atoms with Crippen LogP contribution in [-0.2, 0) is 4.79 Å². The summed E-state index contributed by atoms with van der Waals surface area (Å²) in [4.78, 5) is 10.6. The van der Waals surface area contributed by atoms with E-state index in [9.17, 15) is 9.90 Å². The highest BCUT2D eigenvalue weighted by Crippen LogP contribution is 2.17. The van der Waals surface area contributed by atoms with E-state index in [4.69, 9.17) is 0 Å². The average Bonchev–Trinajstić information content (AvgIpc) is 1.85. The van der Waals surface area contributed by atoms with Crippen molar-refractivity contribution in [2.24, 2.45) is 0 Å². The van der Waals surface area contributed by atoms with Gasteiger partial charge in [-0.1, -0.05) is 0 Å². The maximum absolute atomic E-state index is 10.6. The van der Waals surface area contributed by atoms with E-state index in [1.54, 1.807) is 0 Å². The molecule has 0 bridgehead atoms. The van der Waals surface area contributed by atoms with Gasteiger partial charge >= 0.3 is 0 Å². The largest absolute Gasteiger partial charge is 0.393 e. The van der Waals surface area contributed by atoms with Crippen molar-refractivity contribution >= 4 is 5.91 Å². The molecular weight excluding hydrogens is 142 g/mol. The van der Waals surface area contributed by atoms with E-state index in [2.05, 4.69) is 5.32 Å². The summed E-state index contributed by atoms with van der Waals surface area (Å²) in [6, 6.07) is 0.205. The summed E-state index contributed by atoms with van der Waals surface area (Å²) < 4.78 is 0. The second kappa shape index (κ2) is 3.72. The van der Waals surface area contributed by atoms with Crippen LogP contribution in [0.15, 0.2) is 0 Å². The van der Waals surface area contributed by atoms with Gasteiger partial charge < -0.3 is 10.4 Å². The van der Waals surface area contributed by atoms with Crippen molar-refractivity contribution in [3.05, 3.63) is 0 Å². The third kappa shape index (κ3) is 2.89. The molecule has 2 unspecified atom stereocenters. The monoisotopic (exact) mass is 157 g/mol. The quantitative estimate of drug-likeness (QED) is 0.579. The zero-order valence-electron chi connectivity index (χ0n) is 6.84. The average molecular weight is 157 g/mol. The summed E-state index contributed by atoms with van der Waals surface area (Å²) in [6.45, 7) is 1.51. The molecule has 0 radical (unpaired) electrons. The Bertz CT molecular complexity index is 147. The second-order valence-electron chi connectivity index (χ2n) is 3.22. The smallest absolute Gasteiger partial charge is 0.217 e. The molecular formula is C8H15NO2. The minimum atomic E-state index is -0.208. The molecule has 2 N–H and O–H groups in total. The molecule has 0 aromatic carbocycles. The summed E-state index contributed by atoms with van der Waals surface area (Å²) in [5, 5.41) is 12.1. The molecule has 1 fully saturated rings. The topological polar surface area (TPSA) is 49.3 Å². The standard InChI is InChI=1S/C8H15NO2/c1-6(10)9-7-3-2-4-8(11)5-7/h7-8,11H,2-5H2,1H3,(H,9,10). The van der Waals surface area contributed by atoms with Crippen LogP contribution in [0, 0.1) is 0 Å². The summed E-state index contributed by atoms with van der Waals surface area (Å²) in [7, 11) is 0. The van der Waals surface area contributed by atoms with Gasteiger partial charge in [-0.05, 0) is 25.7 Å². The van der Waals surface area contributed by atoms with Crippen LogP contribution in [0.5, 0.6) is 0 Å². The van der Waals surface area contributed by atoms with Gasteiger partial charge in [0.05, 0.1) is 6.10 Å². The van der Waals surface area contributed by atoms with Crippen LogP contribution in [0.1, 0.15) is 32.6 Å². The first-order valence-corrected chi connectivity index (χ1v) is 4.13. The minimum absolute atomic E-state index is 0.00380. The van der Waals surface area contributed by atoms with Crippen molar-refractivity contribution in [1.82, 2.24) is 5.32 Å². The van der Waals surface area contributed by atoms with Crippen LogP contribution < -0.4 is 5.32 Å². The van der Waals surface area contributed by atoms with Crippen molar-refractivity contribution < 1.29 is 9.90 Å². The second-order valence-corrected chi connectivity index (χ2v) is 3.22. The molecule has 3 heteroatoms. The van der Waals surface area contributed by atoms with Crippen LogP contribution in [0.4, 0.5) is 0 Å². The maximum atomic E-state index is 10.6. The van der Waals surface area contributed by atoms with Crippen LogP contribution in [-0.4, -0.2) is 23.2 Å². The Kier molecular flexibility index (Phi) is 2.88. The Labute approximate surface area is 66.8 Å². The van der Waals surface area contributed by atoms with Crippen molar-refractivity contribution in [2.45, 2.75) is 44.8 Å². The van der Waals surface area contributed by atoms with Gasteiger partial charge in [0.1, 0.15) is 0 Å². The van der Waals surface area contributed by atoms with Crippen molar-refractivity contribution in [2.75, 3.05) is 0 Å². The first-order valence-electron chi connectivity index (χ1n) is 4.13. The highest BCUT2D eigenvalue weighted by molar-refractivity contribution is 5.73. The van der Waals surface area contributed by atoms with E-state index in [0.29, 0.717) is 0 Å². The van der Waals surface area contributed by atoms with Crippen LogP contribution >= 0.6 is 0 Å². The highest BCUT2D eigenvalue weighted by atomic mass is 16.3. The van der Waals surface area contributed by atoms with Gasteiger partial charge in [-0.15, -0.1) is 0 Å². The van der Waals surface area contributed by atoms with Gasteiger partial charge in [0.15, 0.2) is 0 Å². The summed E-state index contributed by atoms with van der Waals surface area (Å²) in [5.41, 5.74) is 0. The Morgan fingerprint density at radius 2 is 2.27 bits per heavy atom. The van der Waals surface area contributed by atoms with E-state index < -0.39 is 0 Å². The molecule has 1 aliphatic carbocycles. The zero-order chi connectivity index (χ0) is 8.27. The molecule has 11 heavy (non-hydrogen) atoms. The fourth-order valence-electron chi connectivity index (χ4n) is 1.58. The zero-order valence-corrected chi connectivity index (χ0v) is 6.84. The van der Waals surface area contributed by atoms with Gasteiger partial charge in [-0.3, -0.25) is 4.79 Å². The van der Waals surface area contributed by atoms with E-state index in [0.717, 1.165) is 25.7 Å². The number of aliphatic hydroxyl groups excluding tert-OH is 1. The molecule has 1 rings (SSSR count). The molecule has 0 heterocycles.